The molecule has 0 bridgehead atoms. The van der Waals surface area contributed by atoms with Crippen LogP contribution in [0.15, 0.2) is 30.5 Å². The minimum atomic E-state index is 0.371. The molecule has 0 fully saturated rings. The zero-order valence-corrected chi connectivity index (χ0v) is 12.1. The average molecular weight is 257 g/mol. The van der Waals surface area contributed by atoms with Gasteiger partial charge in [0.25, 0.3) is 0 Å². The minimum absolute atomic E-state index is 0.371. The largest absolute Gasteiger partial charge is 0.313 e. The molecule has 2 aromatic rings. The van der Waals surface area contributed by atoms with E-state index in [1.54, 1.807) is 0 Å². The summed E-state index contributed by atoms with van der Waals surface area (Å²) in [6, 6.07) is 8.81. The second kappa shape index (κ2) is 6.62. The van der Waals surface area contributed by atoms with Crippen molar-refractivity contribution in [1.82, 2.24) is 15.5 Å². The predicted octanol–water partition coefficient (Wildman–Crippen LogP) is 3.51. The highest BCUT2D eigenvalue weighted by atomic mass is 15.1. The highest BCUT2D eigenvalue weighted by molar-refractivity contribution is 5.83. The molecule has 1 aromatic heterocycles. The Morgan fingerprint density at radius 1 is 1.21 bits per heavy atom. The lowest BCUT2D eigenvalue weighted by Gasteiger charge is -2.24. The summed E-state index contributed by atoms with van der Waals surface area (Å²) in [7, 11) is 0. The van der Waals surface area contributed by atoms with Gasteiger partial charge in [0.2, 0.25) is 0 Å². The first-order valence-corrected chi connectivity index (χ1v) is 7.21. The summed E-state index contributed by atoms with van der Waals surface area (Å²) in [6.07, 6.45) is 4.10. The summed E-state index contributed by atoms with van der Waals surface area (Å²) in [4.78, 5) is 0. The zero-order chi connectivity index (χ0) is 13.7. The highest BCUT2D eigenvalue weighted by Crippen LogP contribution is 2.26. The van der Waals surface area contributed by atoms with Gasteiger partial charge in [0, 0.05) is 22.7 Å². The summed E-state index contributed by atoms with van der Waals surface area (Å²) in [6.45, 7) is 7.72. The van der Waals surface area contributed by atoms with Gasteiger partial charge in [0.1, 0.15) is 0 Å². The van der Waals surface area contributed by atoms with Crippen LogP contribution in [0.4, 0.5) is 0 Å². The first-order valence-electron chi connectivity index (χ1n) is 7.21. The monoisotopic (exact) mass is 257 g/mol. The molecule has 2 rings (SSSR count). The van der Waals surface area contributed by atoms with Gasteiger partial charge in [-0.25, -0.2) is 0 Å². The molecule has 0 saturated carbocycles. The summed E-state index contributed by atoms with van der Waals surface area (Å²) >= 11 is 0. The van der Waals surface area contributed by atoms with Crippen LogP contribution in [0.2, 0.25) is 0 Å². The number of aromatic nitrogens is 2. The third-order valence-corrected chi connectivity index (χ3v) is 3.73. The quantitative estimate of drug-likeness (QED) is 0.860. The van der Waals surface area contributed by atoms with E-state index in [-0.39, 0.29) is 0 Å². The average Bonchev–Trinajstić information content (AvgIpc) is 2.47. The number of nitrogens with zero attached hydrogens (tertiary/aromatic N) is 2. The van der Waals surface area contributed by atoms with Gasteiger partial charge in [-0.2, -0.15) is 10.2 Å². The topological polar surface area (TPSA) is 37.8 Å². The lowest BCUT2D eigenvalue weighted by molar-refractivity contribution is 0.432. The Bertz CT molecular complexity index is 519. The van der Waals surface area contributed by atoms with Crippen molar-refractivity contribution in [2.45, 2.75) is 45.6 Å². The second-order valence-corrected chi connectivity index (χ2v) is 5.07. The number of hydrogen-bond donors (Lipinski definition) is 1. The van der Waals surface area contributed by atoms with E-state index in [4.69, 9.17) is 0 Å². The highest BCUT2D eigenvalue weighted by Gasteiger charge is 2.20. The molecule has 3 nitrogen and oxygen atoms in total. The van der Waals surface area contributed by atoms with Crippen LogP contribution >= 0.6 is 0 Å². The minimum Gasteiger partial charge on any atom is -0.313 e. The fourth-order valence-corrected chi connectivity index (χ4v) is 2.58. The van der Waals surface area contributed by atoms with Crippen LogP contribution in [0.5, 0.6) is 0 Å². The van der Waals surface area contributed by atoms with Gasteiger partial charge in [0.15, 0.2) is 0 Å². The first kappa shape index (κ1) is 13.9. The van der Waals surface area contributed by atoms with E-state index in [0.717, 1.165) is 25.1 Å². The molecule has 3 heteroatoms. The van der Waals surface area contributed by atoms with Crippen molar-refractivity contribution in [3.63, 3.8) is 0 Å². The molecule has 0 spiro atoms. The number of fused-ring (bicyclic) bond motifs is 1. The number of benzene rings is 1. The Kier molecular flexibility index (Phi) is 4.86. The van der Waals surface area contributed by atoms with E-state index < -0.39 is 0 Å². The summed E-state index contributed by atoms with van der Waals surface area (Å²) in [5.74, 6) is 0.371. The molecular weight excluding hydrogens is 234 g/mol. The van der Waals surface area contributed by atoms with Gasteiger partial charge in [-0.1, -0.05) is 45.0 Å². The number of nitrogens with one attached hydrogen (secondary N) is 1. The van der Waals surface area contributed by atoms with Crippen molar-refractivity contribution < 1.29 is 0 Å². The van der Waals surface area contributed by atoms with E-state index in [0.29, 0.717) is 12.0 Å². The van der Waals surface area contributed by atoms with Crippen LogP contribution in [-0.4, -0.2) is 22.8 Å². The SMILES string of the molecule is CCCNC(CC)C(C)c1nncc2ccccc12. The number of hydrogen-bond acceptors (Lipinski definition) is 3. The molecule has 19 heavy (non-hydrogen) atoms. The third kappa shape index (κ3) is 3.10. The fourth-order valence-electron chi connectivity index (χ4n) is 2.58. The fraction of sp³-hybridized carbons (Fsp3) is 0.500. The lowest BCUT2D eigenvalue weighted by Crippen LogP contribution is -2.34. The Labute approximate surface area is 115 Å². The normalized spacial score (nSPS) is 14.5. The van der Waals surface area contributed by atoms with Crippen LogP contribution in [-0.2, 0) is 0 Å². The van der Waals surface area contributed by atoms with Gasteiger partial charge in [-0.3, -0.25) is 0 Å². The molecule has 102 valence electrons. The first-order chi connectivity index (χ1) is 9.27. The molecule has 0 saturated heterocycles. The summed E-state index contributed by atoms with van der Waals surface area (Å²) in [5, 5.41) is 14.6. The Morgan fingerprint density at radius 2 is 2.00 bits per heavy atom. The van der Waals surface area contributed by atoms with Gasteiger partial charge < -0.3 is 5.32 Å². The molecule has 0 aliphatic rings. The molecule has 1 aromatic carbocycles. The van der Waals surface area contributed by atoms with Gasteiger partial charge in [0.05, 0.1) is 11.9 Å². The molecule has 0 radical (unpaired) electrons. The Balaban J connectivity index is 2.31. The molecule has 2 unspecified atom stereocenters. The third-order valence-electron chi connectivity index (χ3n) is 3.73. The summed E-state index contributed by atoms with van der Waals surface area (Å²) < 4.78 is 0. The maximum atomic E-state index is 4.39. The molecule has 1 heterocycles. The van der Waals surface area contributed by atoms with Crippen molar-refractivity contribution in [2.75, 3.05) is 6.54 Å². The standard InChI is InChI=1S/C16H23N3/c1-4-10-17-15(5-2)12(3)16-14-9-7-6-8-13(14)11-18-19-16/h6-9,11-12,15,17H,4-5,10H2,1-3H3. The maximum absolute atomic E-state index is 4.39. The zero-order valence-electron chi connectivity index (χ0n) is 12.1. The van der Waals surface area contributed by atoms with Gasteiger partial charge in [-0.15, -0.1) is 0 Å². The second-order valence-electron chi connectivity index (χ2n) is 5.07. The van der Waals surface area contributed by atoms with Crippen molar-refractivity contribution in [2.24, 2.45) is 0 Å². The van der Waals surface area contributed by atoms with Crippen molar-refractivity contribution in [3.05, 3.63) is 36.2 Å². The van der Waals surface area contributed by atoms with Gasteiger partial charge in [-0.05, 0) is 19.4 Å². The molecule has 1 N–H and O–H groups in total. The Morgan fingerprint density at radius 3 is 2.74 bits per heavy atom. The predicted molar refractivity (Wildman–Crippen MR) is 80.3 cm³/mol. The molecule has 0 aliphatic heterocycles. The maximum Gasteiger partial charge on any atom is 0.0752 e. The molecule has 0 amide bonds. The van der Waals surface area contributed by atoms with Crippen molar-refractivity contribution >= 4 is 10.8 Å². The van der Waals surface area contributed by atoms with E-state index in [2.05, 4.69) is 54.5 Å². The molecule has 2 atom stereocenters. The van der Waals surface area contributed by atoms with E-state index >= 15 is 0 Å². The van der Waals surface area contributed by atoms with Crippen LogP contribution in [0.1, 0.15) is 45.2 Å². The number of rotatable bonds is 6. The van der Waals surface area contributed by atoms with Crippen LogP contribution in [0.25, 0.3) is 10.8 Å². The summed E-state index contributed by atoms with van der Waals surface area (Å²) in [5.41, 5.74) is 1.11. The van der Waals surface area contributed by atoms with E-state index in [1.807, 2.05) is 12.3 Å². The van der Waals surface area contributed by atoms with Crippen LogP contribution < -0.4 is 5.32 Å². The lowest BCUT2D eigenvalue weighted by atomic mass is 9.93. The Hall–Kier alpha value is -1.48. The van der Waals surface area contributed by atoms with Crippen molar-refractivity contribution in [3.8, 4) is 0 Å². The molecular formula is C16H23N3. The smallest absolute Gasteiger partial charge is 0.0752 e. The van der Waals surface area contributed by atoms with Gasteiger partial charge >= 0.3 is 0 Å². The van der Waals surface area contributed by atoms with E-state index in [9.17, 15) is 0 Å². The molecule has 0 aliphatic carbocycles. The van der Waals surface area contributed by atoms with Crippen molar-refractivity contribution in [1.29, 1.82) is 0 Å². The van der Waals surface area contributed by atoms with Crippen LogP contribution in [0, 0.1) is 0 Å². The van der Waals surface area contributed by atoms with E-state index in [1.165, 1.54) is 10.8 Å². The van der Waals surface area contributed by atoms with Crippen LogP contribution in [0.3, 0.4) is 0 Å².